The number of nitrogens with zero attached hydrogens (tertiary/aromatic N) is 6. The summed E-state index contributed by atoms with van der Waals surface area (Å²) in [4.78, 5) is 4.85. The fourth-order valence-electron chi connectivity index (χ4n) is 2.92. The van der Waals surface area contributed by atoms with Crippen molar-refractivity contribution in [1.29, 1.82) is 0 Å². The molecule has 0 amide bonds. The zero-order chi connectivity index (χ0) is 16.6. The first-order valence-electron chi connectivity index (χ1n) is 8.36. The zero-order valence-corrected chi connectivity index (χ0v) is 13.5. The molecule has 122 valence electrons. The maximum Gasteiger partial charge on any atom is 0.163 e. The summed E-state index contributed by atoms with van der Waals surface area (Å²) in [6, 6.07) is 18.3. The summed E-state index contributed by atoms with van der Waals surface area (Å²) in [5.41, 5.74) is 3.04. The van der Waals surface area contributed by atoms with Crippen LogP contribution in [0, 0.1) is 0 Å². The molecule has 6 nitrogen and oxygen atoms in total. The summed E-state index contributed by atoms with van der Waals surface area (Å²) in [5.74, 6) is 2.31. The Morgan fingerprint density at radius 2 is 1.60 bits per heavy atom. The van der Waals surface area contributed by atoms with Gasteiger partial charge >= 0.3 is 0 Å². The smallest absolute Gasteiger partial charge is 0.163 e. The maximum absolute atomic E-state index is 4.85. The molecule has 0 radical (unpaired) electrons. The highest BCUT2D eigenvalue weighted by Gasteiger charge is 2.29. The average molecular weight is 328 g/mol. The Kier molecular flexibility index (Phi) is 3.19. The van der Waals surface area contributed by atoms with Crippen LogP contribution in [0.4, 0.5) is 0 Å². The molecule has 1 aliphatic carbocycles. The van der Waals surface area contributed by atoms with Gasteiger partial charge in [-0.25, -0.2) is 9.67 Å². The molecular formula is C19H16N6. The summed E-state index contributed by atoms with van der Waals surface area (Å²) in [7, 11) is 0. The maximum atomic E-state index is 4.85. The fourth-order valence-corrected chi connectivity index (χ4v) is 2.92. The zero-order valence-electron chi connectivity index (χ0n) is 13.5. The third-order valence-corrected chi connectivity index (χ3v) is 4.39. The largest absolute Gasteiger partial charge is 0.288 e. The predicted molar refractivity (Wildman–Crippen MR) is 93.7 cm³/mol. The van der Waals surface area contributed by atoms with Crippen molar-refractivity contribution in [1.82, 2.24) is 29.5 Å². The van der Waals surface area contributed by atoms with E-state index in [0.29, 0.717) is 5.92 Å². The van der Waals surface area contributed by atoms with Crippen molar-refractivity contribution in [3.8, 4) is 22.8 Å². The van der Waals surface area contributed by atoms with Crippen LogP contribution in [-0.4, -0.2) is 29.5 Å². The standard InChI is InChI=1S/C19H16N6/c1-2-6-16(7-3-1)25-19(22-18(23-25)14-9-10-14)15-5-4-8-17(11-15)24-12-20-21-13-24/h1-8,11-14H,9-10H2. The van der Waals surface area contributed by atoms with Gasteiger partial charge in [0.25, 0.3) is 0 Å². The summed E-state index contributed by atoms with van der Waals surface area (Å²) >= 11 is 0. The molecule has 1 aliphatic rings. The first-order chi connectivity index (χ1) is 12.4. The molecule has 0 aliphatic heterocycles. The van der Waals surface area contributed by atoms with Gasteiger partial charge < -0.3 is 0 Å². The highest BCUT2D eigenvalue weighted by atomic mass is 15.4. The van der Waals surface area contributed by atoms with Gasteiger partial charge in [-0.05, 0) is 37.1 Å². The topological polar surface area (TPSA) is 61.4 Å². The van der Waals surface area contributed by atoms with Gasteiger partial charge in [0.15, 0.2) is 11.6 Å². The van der Waals surface area contributed by atoms with Crippen molar-refractivity contribution >= 4 is 0 Å². The van der Waals surface area contributed by atoms with Gasteiger partial charge in [0, 0.05) is 17.2 Å². The van der Waals surface area contributed by atoms with Crippen LogP contribution >= 0.6 is 0 Å². The molecule has 1 saturated carbocycles. The van der Waals surface area contributed by atoms with Crippen molar-refractivity contribution in [2.24, 2.45) is 0 Å². The first kappa shape index (κ1) is 14.1. The minimum atomic E-state index is 0.504. The van der Waals surface area contributed by atoms with Gasteiger partial charge in [0.05, 0.1) is 5.69 Å². The lowest BCUT2D eigenvalue weighted by Crippen LogP contribution is -2.00. The van der Waals surface area contributed by atoms with Gasteiger partial charge in [-0.1, -0.05) is 30.3 Å². The quantitative estimate of drug-likeness (QED) is 0.576. The van der Waals surface area contributed by atoms with E-state index in [2.05, 4.69) is 34.5 Å². The van der Waals surface area contributed by atoms with E-state index in [1.54, 1.807) is 12.7 Å². The Balaban J connectivity index is 1.65. The molecule has 5 rings (SSSR count). The normalized spacial score (nSPS) is 13.9. The van der Waals surface area contributed by atoms with Crippen LogP contribution in [0.25, 0.3) is 22.8 Å². The Morgan fingerprint density at radius 1 is 0.840 bits per heavy atom. The first-order valence-corrected chi connectivity index (χ1v) is 8.36. The van der Waals surface area contributed by atoms with E-state index in [4.69, 9.17) is 10.1 Å². The second-order valence-corrected chi connectivity index (χ2v) is 6.23. The van der Waals surface area contributed by atoms with Crippen LogP contribution in [0.3, 0.4) is 0 Å². The molecular weight excluding hydrogens is 312 g/mol. The van der Waals surface area contributed by atoms with Crippen LogP contribution in [0.2, 0.25) is 0 Å². The Labute approximate surface area is 144 Å². The molecule has 2 heterocycles. The predicted octanol–water partition coefficient (Wildman–Crippen LogP) is 3.39. The van der Waals surface area contributed by atoms with Crippen LogP contribution < -0.4 is 0 Å². The Bertz CT molecular complexity index is 1000. The molecule has 4 aromatic rings. The second-order valence-electron chi connectivity index (χ2n) is 6.23. The minimum Gasteiger partial charge on any atom is -0.288 e. The molecule has 1 fully saturated rings. The van der Waals surface area contributed by atoms with Crippen LogP contribution in [0.5, 0.6) is 0 Å². The number of hydrogen-bond acceptors (Lipinski definition) is 4. The van der Waals surface area contributed by atoms with Crippen LogP contribution in [0.15, 0.2) is 67.3 Å². The molecule has 0 spiro atoms. The summed E-state index contributed by atoms with van der Waals surface area (Å²) < 4.78 is 3.83. The van der Waals surface area contributed by atoms with Gasteiger partial charge in [0.1, 0.15) is 12.7 Å². The molecule has 0 N–H and O–H groups in total. The molecule has 25 heavy (non-hydrogen) atoms. The van der Waals surface area contributed by atoms with Crippen molar-refractivity contribution < 1.29 is 0 Å². The van der Waals surface area contributed by atoms with E-state index >= 15 is 0 Å². The Hall–Kier alpha value is -3.28. The average Bonchev–Trinajstić information content (AvgIpc) is 3.21. The third-order valence-electron chi connectivity index (χ3n) is 4.39. The van der Waals surface area contributed by atoms with E-state index in [1.165, 1.54) is 12.8 Å². The highest BCUT2D eigenvalue weighted by molar-refractivity contribution is 5.61. The number of benzene rings is 2. The van der Waals surface area contributed by atoms with Crippen molar-refractivity contribution in [3.05, 3.63) is 73.1 Å². The van der Waals surface area contributed by atoms with Crippen LogP contribution in [0.1, 0.15) is 24.6 Å². The highest BCUT2D eigenvalue weighted by Crippen LogP contribution is 2.39. The number of para-hydroxylation sites is 1. The van der Waals surface area contributed by atoms with Gasteiger partial charge in [-0.3, -0.25) is 4.57 Å². The van der Waals surface area contributed by atoms with E-state index < -0.39 is 0 Å². The molecule has 2 aromatic carbocycles. The number of hydrogen-bond donors (Lipinski definition) is 0. The van der Waals surface area contributed by atoms with E-state index in [1.807, 2.05) is 39.6 Å². The summed E-state index contributed by atoms with van der Waals surface area (Å²) in [6.45, 7) is 0. The fraction of sp³-hybridized carbons (Fsp3) is 0.158. The van der Waals surface area contributed by atoms with Crippen molar-refractivity contribution in [3.63, 3.8) is 0 Å². The lowest BCUT2D eigenvalue weighted by Gasteiger charge is -2.07. The lowest BCUT2D eigenvalue weighted by molar-refractivity contribution is 0.839. The van der Waals surface area contributed by atoms with E-state index in [-0.39, 0.29) is 0 Å². The minimum absolute atomic E-state index is 0.504. The van der Waals surface area contributed by atoms with Crippen LogP contribution in [-0.2, 0) is 0 Å². The van der Waals surface area contributed by atoms with Gasteiger partial charge in [-0.2, -0.15) is 5.10 Å². The molecule has 0 unspecified atom stereocenters. The van der Waals surface area contributed by atoms with Gasteiger partial charge in [-0.15, -0.1) is 10.2 Å². The molecule has 6 heteroatoms. The van der Waals surface area contributed by atoms with E-state index in [0.717, 1.165) is 28.6 Å². The second kappa shape index (κ2) is 5.66. The lowest BCUT2D eigenvalue weighted by atomic mass is 10.2. The molecule has 0 bridgehead atoms. The summed E-state index contributed by atoms with van der Waals surface area (Å²) in [5, 5.41) is 12.5. The third kappa shape index (κ3) is 2.61. The molecule has 0 atom stereocenters. The summed E-state index contributed by atoms with van der Waals surface area (Å²) in [6.07, 6.45) is 5.74. The van der Waals surface area contributed by atoms with Gasteiger partial charge in [0.2, 0.25) is 0 Å². The molecule has 0 saturated heterocycles. The molecule has 2 aromatic heterocycles. The van der Waals surface area contributed by atoms with E-state index in [9.17, 15) is 0 Å². The SMILES string of the molecule is c1ccc(-n2nc(C3CC3)nc2-c2cccc(-n3cnnc3)c2)cc1. The Morgan fingerprint density at radius 3 is 2.36 bits per heavy atom. The monoisotopic (exact) mass is 328 g/mol. The number of rotatable bonds is 4. The number of aromatic nitrogens is 6. The van der Waals surface area contributed by atoms with Crippen molar-refractivity contribution in [2.75, 3.05) is 0 Å². The van der Waals surface area contributed by atoms with Crippen molar-refractivity contribution in [2.45, 2.75) is 18.8 Å².